The fourth-order valence-corrected chi connectivity index (χ4v) is 18.6. The third-order valence-corrected chi connectivity index (χ3v) is 24.2. The molecule has 6 aliphatic rings. The number of aromatic nitrogens is 16. The number of carbonyl (C=O) groups is 2. The van der Waals surface area contributed by atoms with Crippen LogP contribution in [0.15, 0.2) is 111 Å². The SMILES string of the molecule is C.C.N.Nc1ncnc2c1ncn2[C@@H]1O[C@@H]2COP(=O)(NO)N[C@H]3[C@@H](F)[C@H](n4cnc5c(N)ncnc54)O[C@@H]3COP(=O)(O)N[C@H]2[C@H]1F.[C-]#[N+]CCOP1(=O)N[C@H]2[C@@H](F)[C@H](n3cnc4c(NC(=O)c5ccccc5)ncnc43)O[C@@H]2COP(=O)(OCCC#N)N[C@H]2[C@@H](F)[C@H](n3cnc4c(NC(=O)c5ccccc5)ncnc43)O[C@@H]2CO1. The van der Waals surface area contributed by atoms with E-state index in [0.717, 1.165) is 25.3 Å². The van der Waals surface area contributed by atoms with E-state index in [2.05, 4.69) is 95.6 Å². The number of carbonyl (C=O) groups excluding carboxylic acids is 2. The highest BCUT2D eigenvalue weighted by atomic mass is 31.2. The molecular formula is C62H74F4N28O18P4. The van der Waals surface area contributed by atoms with Gasteiger partial charge in [0.05, 0.1) is 95.0 Å². The Bertz CT molecular complexity index is 5290. The minimum atomic E-state index is -4.86. The van der Waals surface area contributed by atoms with Crippen molar-refractivity contribution >= 4 is 111 Å². The molecule has 20 atom stereocenters. The van der Waals surface area contributed by atoms with Gasteiger partial charge in [-0.2, -0.15) is 5.26 Å². The van der Waals surface area contributed by atoms with Gasteiger partial charge in [0, 0.05) is 11.1 Å². The molecule has 2 amide bonds. The fraction of sp³-hybridized carbons (Fsp3) is 0.419. The molecule has 8 aromatic heterocycles. The summed E-state index contributed by atoms with van der Waals surface area (Å²) < 4.78 is 184. The lowest BCUT2D eigenvalue weighted by molar-refractivity contribution is -0.0389. The number of nitrogens with one attached hydrogen (secondary N) is 7. The molecule has 0 bridgehead atoms. The molecular weight excluding hydrogens is 1620 g/mol. The molecule has 116 heavy (non-hydrogen) atoms. The second-order valence-corrected chi connectivity index (χ2v) is 32.3. The predicted octanol–water partition coefficient (Wildman–Crippen LogP) is 5.57. The average molecular weight is 1700 g/mol. The van der Waals surface area contributed by atoms with Gasteiger partial charge in [-0.25, -0.2) is 118 Å². The number of ether oxygens (including phenoxy) is 4. The van der Waals surface area contributed by atoms with E-state index in [1.807, 2.05) is 6.07 Å². The number of hydrogen-bond donors (Lipinski definition) is 12. The summed E-state index contributed by atoms with van der Waals surface area (Å²) in [5, 5.41) is 35.7. The molecule has 16 N–H and O–H groups in total. The molecule has 14 heterocycles. The fourth-order valence-electron chi connectivity index (χ4n) is 13.1. The highest BCUT2D eigenvalue weighted by Crippen LogP contribution is 2.54. The second kappa shape index (κ2) is 35.5. The Morgan fingerprint density at radius 1 is 0.534 bits per heavy atom. The summed E-state index contributed by atoms with van der Waals surface area (Å²) >= 11 is 0. The van der Waals surface area contributed by atoms with E-state index in [4.69, 9.17) is 64.1 Å². The number of fused-ring (bicyclic) bond motifs is 8. The maximum atomic E-state index is 17.1. The van der Waals surface area contributed by atoms with Crippen molar-refractivity contribution < 1.29 is 102 Å². The highest BCUT2D eigenvalue weighted by Gasteiger charge is 2.57. The number of rotatable bonds is 15. The number of halogens is 4. The van der Waals surface area contributed by atoms with Crippen LogP contribution in [-0.4, -0.2) is 219 Å². The van der Waals surface area contributed by atoms with Crippen molar-refractivity contribution in [3.05, 3.63) is 134 Å². The molecule has 0 saturated carbocycles. The number of benzene rings is 2. The van der Waals surface area contributed by atoms with Gasteiger partial charge in [-0.1, -0.05) is 51.3 Å². The van der Waals surface area contributed by atoms with Gasteiger partial charge < -0.3 is 66.7 Å². The molecule has 0 aliphatic carbocycles. The van der Waals surface area contributed by atoms with E-state index < -0.39 is 181 Å². The summed E-state index contributed by atoms with van der Waals surface area (Å²) in [6.07, 6.45) is -11.4. The zero-order chi connectivity index (χ0) is 79.1. The van der Waals surface area contributed by atoms with Crippen molar-refractivity contribution in [2.75, 3.05) is 68.3 Å². The van der Waals surface area contributed by atoms with Crippen LogP contribution in [0.3, 0.4) is 0 Å². The number of hydrogen-bond acceptors (Lipinski definition) is 33. The van der Waals surface area contributed by atoms with Crippen LogP contribution < -0.4 is 53.9 Å². The first-order chi connectivity index (χ1) is 54.5. The van der Waals surface area contributed by atoms with Crippen molar-refractivity contribution in [3.8, 4) is 6.07 Å². The molecule has 618 valence electrons. The molecule has 46 nitrogen and oxygen atoms in total. The lowest BCUT2D eigenvalue weighted by Crippen LogP contribution is -2.47. The van der Waals surface area contributed by atoms with Crippen molar-refractivity contribution in [3.63, 3.8) is 0 Å². The van der Waals surface area contributed by atoms with Gasteiger partial charge in [-0.15, -0.1) is 5.25 Å². The number of imidazole rings is 4. The summed E-state index contributed by atoms with van der Waals surface area (Å²) in [6.45, 7) is 3.01. The zero-order valence-electron chi connectivity index (χ0n) is 58.4. The standard InChI is InChI=1S/C40H38F2N14O10P2.C20H25F2N13O8P2.2CH4.H3N/c1-44-14-16-62-68(60)54-30-25(65-40(28(30)42)56-22-50-32-34(46-20-48-36(32)56)52-38(58)24-11-6-3-7-12-24)17-63-67(59,61-15-8-13-43)53-29-26(18-64-68)66-39(27(29)41)55-21-49-31-33(45-19-47-35(31)55)51-37(57)23-9-4-2-5-10-23;21-9-11-8(43-19(9)34-5-29-13-15(23)25-3-27-17(13)34)2-41-45(38,39)32-12-7(1-40-44(37,31-11)33-36)42-20(10(12)22)35-6-30-14-16(24)26-4-28-18(14)35;;;/h2-7,9-12,19-22,25-30,39-40H,8,14-18H2,(H,53,59)(H,54,60)(H,45,47,51,57)(H,46,48,52,58);3-12,19-20,36H,1-2H2,(H2,23,25,27)(H2,24,26,28)(H2,31,33,37)(H2,32,38,39);2*1H4;1H3/t25-,26-,27-,28-,29-,30-,39-,40-,67?,68?;7-,8-,9-,10-,11-,12-,19-,20-,44?;;;/m11.../s1. The first-order valence-electron chi connectivity index (χ1n) is 33.8. The van der Waals surface area contributed by atoms with Gasteiger partial charge in [0.25, 0.3) is 11.8 Å². The molecule has 0 radical (unpaired) electrons. The third-order valence-electron chi connectivity index (χ3n) is 18.4. The first-order valence-corrected chi connectivity index (χ1v) is 40.1. The molecule has 6 aliphatic heterocycles. The third kappa shape index (κ3) is 17.3. The lowest BCUT2D eigenvalue weighted by Gasteiger charge is -2.31. The largest absolute Gasteiger partial charge is 0.406 e. The molecule has 4 unspecified atom stereocenters. The van der Waals surface area contributed by atoms with Crippen LogP contribution in [0.4, 0.5) is 40.8 Å². The minimum absolute atomic E-state index is 0. The average Bonchev–Trinajstić information content (AvgIpc) is 1.61. The molecule has 0 spiro atoms. The number of nitriles is 1. The van der Waals surface area contributed by atoms with E-state index in [1.54, 1.807) is 60.7 Å². The number of amides is 2. The molecule has 6 fully saturated rings. The molecule has 54 heteroatoms. The summed E-state index contributed by atoms with van der Waals surface area (Å²) in [7, 11) is -18.8. The van der Waals surface area contributed by atoms with E-state index in [-0.39, 0.29) is 102 Å². The van der Waals surface area contributed by atoms with Crippen LogP contribution in [0.25, 0.3) is 49.5 Å². The second-order valence-electron chi connectivity index (χ2n) is 25.4. The van der Waals surface area contributed by atoms with Gasteiger partial charge in [0.15, 0.2) is 106 Å². The predicted molar refractivity (Wildman–Crippen MR) is 395 cm³/mol. The number of nitrogens with zero attached hydrogens (tertiary/aromatic N) is 18. The van der Waals surface area contributed by atoms with Crippen molar-refractivity contribution in [1.29, 1.82) is 5.26 Å². The van der Waals surface area contributed by atoms with Crippen LogP contribution >= 0.6 is 30.9 Å². The van der Waals surface area contributed by atoms with Crippen LogP contribution in [0.5, 0.6) is 0 Å². The number of anilines is 4. The van der Waals surface area contributed by atoms with Gasteiger partial charge in [0.2, 0.25) is 6.54 Å². The summed E-state index contributed by atoms with van der Waals surface area (Å²) in [6, 6.07) is 12.0. The molecule has 2 aromatic carbocycles. The van der Waals surface area contributed by atoms with Crippen molar-refractivity contribution in [2.24, 2.45) is 0 Å². The van der Waals surface area contributed by atoms with Crippen molar-refractivity contribution in [2.45, 2.75) is 119 Å². The van der Waals surface area contributed by atoms with Gasteiger partial charge in [-0.3, -0.25) is 55.0 Å². The Morgan fingerprint density at radius 2 is 0.888 bits per heavy atom. The van der Waals surface area contributed by atoms with Crippen LogP contribution in [0.2, 0.25) is 0 Å². The highest BCUT2D eigenvalue weighted by molar-refractivity contribution is 7.54. The topological polar surface area (TPSA) is 609 Å². The van der Waals surface area contributed by atoms with Crippen LogP contribution in [-0.2, 0) is 64.4 Å². The Hall–Kier alpha value is -9.92. The Morgan fingerprint density at radius 3 is 1.28 bits per heavy atom. The monoisotopic (exact) mass is 1700 g/mol. The maximum absolute atomic E-state index is 17.1. The molecule has 10 aromatic rings. The van der Waals surface area contributed by atoms with Crippen LogP contribution in [0.1, 0.15) is 66.9 Å². The summed E-state index contributed by atoms with van der Waals surface area (Å²) in [5.41, 5.74) is 13.0. The summed E-state index contributed by atoms with van der Waals surface area (Å²) in [5.74, 6) is -0.952. The number of nitrogens with two attached hydrogens (primary N) is 2. The molecule has 6 saturated heterocycles. The zero-order valence-corrected chi connectivity index (χ0v) is 62.0. The lowest BCUT2D eigenvalue weighted by atomic mass is 10.1. The minimum Gasteiger partial charge on any atom is -0.382 e. The number of nitrogen functional groups attached to an aromatic ring is 2. The number of alkyl halides is 4. The Kier molecular flexibility index (Phi) is 26.1. The van der Waals surface area contributed by atoms with E-state index >= 15 is 17.6 Å². The van der Waals surface area contributed by atoms with E-state index in [9.17, 15) is 43.2 Å². The van der Waals surface area contributed by atoms with Crippen molar-refractivity contribution in [1.82, 2.24) is 110 Å². The summed E-state index contributed by atoms with van der Waals surface area (Å²) in [4.78, 5) is 89.3. The Labute approximate surface area is 652 Å². The van der Waals surface area contributed by atoms with E-state index in [0.29, 0.717) is 11.1 Å². The quantitative estimate of drug-likeness (QED) is 0.0196. The van der Waals surface area contributed by atoms with Gasteiger partial charge in [0.1, 0.15) is 67.4 Å². The normalized spacial score (nSPS) is 31.2. The Balaban J connectivity index is 0.000000225. The van der Waals surface area contributed by atoms with Crippen LogP contribution in [0, 0.1) is 17.9 Å². The van der Waals surface area contributed by atoms with Gasteiger partial charge in [-0.05, 0) is 24.3 Å². The smallest absolute Gasteiger partial charge is 0.382 e. The maximum Gasteiger partial charge on any atom is 0.406 e. The molecule has 16 rings (SSSR count). The first kappa shape index (κ1) is 85.4. The van der Waals surface area contributed by atoms with Gasteiger partial charge >= 0.3 is 30.9 Å². The van der Waals surface area contributed by atoms with E-state index in [1.165, 1.54) is 48.8 Å².